The van der Waals surface area contributed by atoms with Crippen LogP contribution in [0.4, 0.5) is 0 Å². The van der Waals surface area contributed by atoms with E-state index in [1.54, 1.807) is 0 Å². The van der Waals surface area contributed by atoms with Gasteiger partial charge in [0.25, 0.3) is 0 Å². The Labute approximate surface area is 194 Å². The van der Waals surface area contributed by atoms with E-state index in [4.69, 9.17) is 0 Å². The Morgan fingerprint density at radius 1 is 0.625 bits per heavy atom. The zero-order valence-corrected chi connectivity index (χ0v) is 20.0. The zero-order chi connectivity index (χ0) is 8.41. The SMILES string of the molecule is O=S(=O)([O-])OOS(=O)(=O)[O-].[Cl-].[Cl-].[Na+].[Na+].[Na+].[Na+]. The molecule has 0 aromatic heterocycles. The van der Waals surface area contributed by atoms with Crippen molar-refractivity contribution in [2.75, 3.05) is 0 Å². The van der Waals surface area contributed by atoms with Crippen LogP contribution in [0, 0.1) is 0 Å². The molecule has 0 unspecified atom stereocenters. The monoisotopic (exact) mass is 354 g/mol. The van der Waals surface area contributed by atoms with E-state index in [9.17, 15) is 25.9 Å². The topological polar surface area (TPSA) is 133 Å². The summed E-state index contributed by atoms with van der Waals surface area (Å²) in [6.45, 7) is 0. The predicted octanol–water partition coefficient (Wildman–Crippen LogP) is -20.1. The molecule has 0 saturated heterocycles. The van der Waals surface area contributed by atoms with Crippen molar-refractivity contribution in [1.29, 1.82) is 0 Å². The Hall–Kier alpha value is 4.32. The molecule has 0 rings (SSSR count). The van der Waals surface area contributed by atoms with Crippen molar-refractivity contribution >= 4 is 20.8 Å². The van der Waals surface area contributed by atoms with E-state index in [0.29, 0.717) is 0 Å². The number of hydrogen-bond acceptors (Lipinski definition) is 8. The van der Waals surface area contributed by atoms with Crippen molar-refractivity contribution in [1.82, 2.24) is 0 Å². The van der Waals surface area contributed by atoms with Gasteiger partial charge in [0.15, 0.2) is 0 Å². The van der Waals surface area contributed by atoms with E-state index in [2.05, 4.69) is 8.67 Å². The first-order chi connectivity index (χ1) is 4.21. The minimum atomic E-state index is -5.31. The van der Waals surface area contributed by atoms with Crippen LogP contribution in [0.3, 0.4) is 0 Å². The fraction of sp³-hybridized carbons (Fsp3) is 0. The van der Waals surface area contributed by atoms with E-state index in [1.165, 1.54) is 0 Å². The second kappa shape index (κ2) is 19.3. The van der Waals surface area contributed by atoms with Gasteiger partial charge in [-0.3, -0.25) is 0 Å². The molecule has 0 fully saturated rings. The first kappa shape index (κ1) is 42.7. The molecule has 16 heteroatoms. The van der Waals surface area contributed by atoms with Crippen molar-refractivity contribution in [3.63, 3.8) is 0 Å². The van der Waals surface area contributed by atoms with Gasteiger partial charge in [0, 0.05) is 0 Å². The molecule has 0 aromatic rings. The zero-order valence-electron chi connectivity index (χ0n) is 8.84. The molecule has 8 nitrogen and oxygen atoms in total. The molecule has 0 saturated carbocycles. The summed E-state index contributed by atoms with van der Waals surface area (Å²) < 4.78 is 61.5. The summed E-state index contributed by atoms with van der Waals surface area (Å²) in [5.41, 5.74) is 0. The Bertz CT molecular complexity index is 264. The molecule has 0 atom stereocenters. The quantitative estimate of drug-likeness (QED) is 0.160. The van der Waals surface area contributed by atoms with Crippen molar-refractivity contribution < 1.29 is 178 Å². The van der Waals surface area contributed by atoms with Crippen LogP contribution < -0.4 is 143 Å². The Morgan fingerprint density at radius 2 is 0.750 bits per heavy atom. The van der Waals surface area contributed by atoms with Crippen LogP contribution in [-0.2, 0) is 29.5 Å². The van der Waals surface area contributed by atoms with Crippen LogP contribution in [0.1, 0.15) is 0 Å². The fourth-order valence-electron chi connectivity index (χ4n) is 0.0680. The predicted molar refractivity (Wildman–Crippen MR) is 21.6 cm³/mol. The third kappa shape index (κ3) is 42.9. The molecule has 0 radical (unpaired) electrons. The fourth-order valence-corrected chi connectivity index (χ4v) is 0.612. The van der Waals surface area contributed by atoms with Crippen LogP contribution in [0.15, 0.2) is 0 Å². The average molecular weight is 355 g/mol. The Kier molecular flexibility index (Phi) is 51.6. The maximum atomic E-state index is 9.37. The van der Waals surface area contributed by atoms with Gasteiger partial charge in [-0.2, -0.15) is 0 Å². The van der Waals surface area contributed by atoms with Crippen molar-refractivity contribution in [2.45, 2.75) is 0 Å². The molecule has 0 bridgehead atoms. The molecule has 16 heavy (non-hydrogen) atoms. The molecule has 0 aliphatic carbocycles. The molecular formula is Cl2Na4O8S2. The summed E-state index contributed by atoms with van der Waals surface area (Å²) in [6.07, 6.45) is 0. The molecular weight excluding hydrogens is 355 g/mol. The molecule has 78 valence electrons. The molecule has 0 aliphatic heterocycles. The second-order valence-electron chi connectivity index (χ2n) is 0.953. The average Bonchev–Trinajstić information content (AvgIpc) is 1.57. The van der Waals surface area contributed by atoms with E-state index >= 15 is 0 Å². The standard InChI is InChI=1S/2ClH.4Na.H2O8S2/c;;;;;;1-9(2,3)7-8-10(4,5)6/h2*1H;;;;;(H,1,2,3)(H,4,5,6)/q;;4*+1;/p-4. The maximum absolute atomic E-state index is 9.37. The molecule has 0 heterocycles. The van der Waals surface area contributed by atoms with Crippen LogP contribution >= 0.6 is 0 Å². The van der Waals surface area contributed by atoms with Gasteiger partial charge in [0.2, 0.25) is 20.8 Å². The minimum Gasteiger partial charge on any atom is -1.00 e. The maximum Gasteiger partial charge on any atom is 1.00 e. The van der Waals surface area contributed by atoms with Gasteiger partial charge in [-0.05, 0) is 0 Å². The Balaban J connectivity index is -0.0000000270. The van der Waals surface area contributed by atoms with Gasteiger partial charge in [0.1, 0.15) is 0 Å². The van der Waals surface area contributed by atoms with Crippen LogP contribution in [-0.4, -0.2) is 25.9 Å². The van der Waals surface area contributed by atoms with Gasteiger partial charge >= 0.3 is 118 Å². The molecule has 0 aromatic carbocycles. The van der Waals surface area contributed by atoms with E-state index < -0.39 is 20.8 Å². The van der Waals surface area contributed by atoms with E-state index in [1.807, 2.05) is 0 Å². The summed E-state index contributed by atoms with van der Waals surface area (Å²) in [5.74, 6) is 0. The summed E-state index contributed by atoms with van der Waals surface area (Å²) in [7, 11) is -10.6. The van der Waals surface area contributed by atoms with Crippen molar-refractivity contribution in [3.8, 4) is 0 Å². The van der Waals surface area contributed by atoms with Crippen LogP contribution in [0.25, 0.3) is 0 Å². The van der Waals surface area contributed by atoms with E-state index in [-0.39, 0.29) is 143 Å². The largest absolute Gasteiger partial charge is 1.00 e. The van der Waals surface area contributed by atoms with Gasteiger partial charge in [-0.15, -0.1) is 8.67 Å². The number of hydrogen-bond donors (Lipinski definition) is 0. The number of rotatable bonds is 3. The smallest absolute Gasteiger partial charge is 1.00 e. The third-order valence-corrected chi connectivity index (χ3v) is 0.750. The molecule has 0 spiro atoms. The summed E-state index contributed by atoms with van der Waals surface area (Å²) in [4.78, 5) is 0. The van der Waals surface area contributed by atoms with Crippen molar-refractivity contribution in [3.05, 3.63) is 0 Å². The second-order valence-corrected chi connectivity index (χ2v) is 2.86. The summed E-state index contributed by atoms with van der Waals surface area (Å²) >= 11 is 0. The first-order valence-electron chi connectivity index (χ1n) is 1.50. The van der Waals surface area contributed by atoms with Crippen LogP contribution in [0.2, 0.25) is 0 Å². The summed E-state index contributed by atoms with van der Waals surface area (Å²) in [6, 6.07) is 0. The van der Waals surface area contributed by atoms with E-state index in [0.717, 1.165) is 0 Å². The van der Waals surface area contributed by atoms with Gasteiger partial charge in [-0.1, -0.05) is 0 Å². The molecule has 0 aliphatic rings. The van der Waals surface area contributed by atoms with Crippen molar-refractivity contribution in [2.24, 2.45) is 0 Å². The molecule has 0 amide bonds. The third-order valence-electron chi connectivity index (χ3n) is 0.194. The Morgan fingerprint density at radius 3 is 0.812 bits per heavy atom. The summed E-state index contributed by atoms with van der Waals surface area (Å²) in [5, 5.41) is 0. The van der Waals surface area contributed by atoms with Crippen LogP contribution in [0.5, 0.6) is 0 Å². The van der Waals surface area contributed by atoms with Gasteiger partial charge in [-0.25, -0.2) is 16.8 Å². The van der Waals surface area contributed by atoms with Gasteiger partial charge in [0.05, 0.1) is 0 Å². The molecule has 0 N–H and O–H groups in total. The minimum absolute atomic E-state index is 0. The number of halogens is 2. The van der Waals surface area contributed by atoms with Gasteiger partial charge < -0.3 is 33.9 Å². The first-order valence-corrected chi connectivity index (χ1v) is 4.17. The normalized spacial score (nSPS) is 8.38.